The van der Waals surface area contributed by atoms with Crippen molar-refractivity contribution >= 4 is 17.3 Å². The van der Waals surface area contributed by atoms with E-state index in [1.54, 1.807) is 30.5 Å². The molecule has 0 saturated heterocycles. The van der Waals surface area contributed by atoms with Crippen LogP contribution in [0.5, 0.6) is 0 Å². The monoisotopic (exact) mass is 377 g/mol. The molecule has 0 aliphatic carbocycles. The zero-order chi connectivity index (χ0) is 20.1. The number of halogens is 1. The van der Waals surface area contributed by atoms with Crippen molar-refractivity contribution in [3.63, 3.8) is 0 Å². The van der Waals surface area contributed by atoms with E-state index in [1.165, 1.54) is 12.3 Å². The second-order valence-corrected chi connectivity index (χ2v) is 7.06. The van der Waals surface area contributed by atoms with Gasteiger partial charge in [-0.25, -0.2) is 4.39 Å². The molecule has 2 N–H and O–H groups in total. The van der Waals surface area contributed by atoms with Gasteiger partial charge < -0.3 is 10.6 Å². The highest BCUT2D eigenvalue weighted by atomic mass is 19.1. The largest absolute Gasteiger partial charge is 0.380 e. The van der Waals surface area contributed by atoms with Crippen LogP contribution in [0.4, 0.5) is 15.8 Å². The molecule has 2 aromatic carbocycles. The van der Waals surface area contributed by atoms with Crippen molar-refractivity contribution in [2.45, 2.75) is 33.2 Å². The maximum absolute atomic E-state index is 13.8. The molecule has 0 unspecified atom stereocenters. The number of aryl methyl sites for hydroxylation is 1. The number of amides is 1. The first-order chi connectivity index (χ1) is 13.5. The molecule has 144 valence electrons. The van der Waals surface area contributed by atoms with Crippen LogP contribution in [0.1, 0.15) is 46.8 Å². The Bertz CT molecular complexity index is 985. The maximum atomic E-state index is 13.8. The molecule has 0 atom stereocenters. The minimum Gasteiger partial charge on any atom is -0.380 e. The second-order valence-electron chi connectivity index (χ2n) is 7.06. The highest BCUT2D eigenvalue weighted by Crippen LogP contribution is 2.28. The Labute approximate surface area is 164 Å². The zero-order valence-corrected chi connectivity index (χ0v) is 16.3. The van der Waals surface area contributed by atoms with Gasteiger partial charge in [-0.1, -0.05) is 50.2 Å². The Morgan fingerprint density at radius 2 is 1.89 bits per heavy atom. The summed E-state index contributed by atoms with van der Waals surface area (Å²) in [5, 5.41) is 6.14. The van der Waals surface area contributed by atoms with Gasteiger partial charge in [-0.15, -0.1) is 0 Å². The first-order valence-corrected chi connectivity index (χ1v) is 9.29. The lowest BCUT2D eigenvalue weighted by molar-refractivity contribution is 0.102. The van der Waals surface area contributed by atoms with Gasteiger partial charge in [0.1, 0.15) is 5.82 Å². The number of para-hydroxylation sites is 1. The lowest BCUT2D eigenvalue weighted by Crippen LogP contribution is -2.15. The van der Waals surface area contributed by atoms with E-state index >= 15 is 0 Å². The van der Waals surface area contributed by atoms with E-state index in [2.05, 4.69) is 29.5 Å². The Morgan fingerprint density at radius 1 is 1.11 bits per heavy atom. The number of anilines is 2. The smallest absolute Gasteiger partial charge is 0.257 e. The standard InChI is InChI=1S/C23H24FN3O/c1-15(2)20-9-6-7-16(3)22(20)27-23(28)18-11-19(14-25-12-18)26-13-17-8-4-5-10-21(17)24/h4-12,14-15,26H,13H2,1-3H3,(H,27,28). The molecule has 0 radical (unpaired) electrons. The topological polar surface area (TPSA) is 54.0 Å². The molecule has 5 heteroatoms. The van der Waals surface area contributed by atoms with Crippen LogP contribution in [0.15, 0.2) is 60.9 Å². The predicted molar refractivity (Wildman–Crippen MR) is 111 cm³/mol. The van der Waals surface area contributed by atoms with E-state index in [1.807, 2.05) is 25.1 Å². The van der Waals surface area contributed by atoms with E-state index in [0.29, 0.717) is 29.3 Å². The van der Waals surface area contributed by atoms with E-state index in [9.17, 15) is 9.18 Å². The fourth-order valence-corrected chi connectivity index (χ4v) is 3.03. The molecule has 0 aliphatic rings. The zero-order valence-electron chi connectivity index (χ0n) is 16.3. The molecule has 0 aliphatic heterocycles. The van der Waals surface area contributed by atoms with Crippen molar-refractivity contribution in [2.24, 2.45) is 0 Å². The van der Waals surface area contributed by atoms with Crippen LogP contribution < -0.4 is 10.6 Å². The quantitative estimate of drug-likeness (QED) is 0.595. The van der Waals surface area contributed by atoms with Crippen LogP contribution >= 0.6 is 0 Å². The van der Waals surface area contributed by atoms with Crippen LogP contribution in [0.2, 0.25) is 0 Å². The van der Waals surface area contributed by atoms with Gasteiger partial charge in [0.05, 0.1) is 11.3 Å². The molecule has 3 aromatic rings. The molecule has 1 heterocycles. The Kier molecular flexibility index (Phi) is 6.04. The highest BCUT2D eigenvalue weighted by Gasteiger charge is 2.14. The van der Waals surface area contributed by atoms with Gasteiger partial charge in [0.2, 0.25) is 0 Å². The van der Waals surface area contributed by atoms with Gasteiger partial charge in [0, 0.05) is 30.2 Å². The molecule has 28 heavy (non-hydrogen) atoms. The highest BCUT2D eigenvalue weighted by molar-refractivity contribution is 6.05. The fourth-order valence-electron chi connectivity index (χ4n) is 3.03. The number of carbonyl (C=O) groups is 1. The number of aromatic nitrogens is 1. The minimum atomic E-state index is -0.266. The van der Waals surface area contributed by atoms with Gasteiger partial charge >= 0.3 is 0 Å². The average Bonchev–Trinajstić information content (AvgIpc) is 2.69. The number of pyridine rings is 1. The third kappa shape index (κ3) is 4.55. The fraction of sp³-hybridized carbons (Fsp3) is 0.217. The van der Waals surface area contributed by atoms with E-state index < -0.39 is 0 Å². The molecular weight excluding hydrogens is 353 g/mol. The summed E-state index contributed by atoms with van der Waals surface area (Å²) in [4.78, 5) is 16.9. The molecule has 0 spiro atoms. The molecule has 0 fully saturated rings. The summed E-state index contributed by atoms with van der Waals surface area (Å²) in [5.41, 5.74) is 4.60. The van der Waals surface area contributed by atoms with Gasteiger partial charge in [-0.2, -0.15) is 0 Å². The minimum absolute atomic E-state index is 0.224. The third-order valence-corrected chi connectivity index (χ3v) is 4.61. The summed E-state index contributed by atoms with van der Waals surface area (Å²) in [6, 6.07) is 14.3. The van der Waals surface area contributed by atoms with Gasteiger partial charge in [-0.3, -0.25) is 9.78 Å². The maximum Gasteiger partial charge on any atom is 0.257 e. The summed E-state index contributed by atoms with van der Waals surface area (Å²) >= 11 is 0. The number of rotatable bonds is 6. The summed E-state index contributed by atoms with van der Waals surface area (Å²) in [7, 11) is 0. The van der Waals surface area contributed by atoms with E-state index in [4.69, 9.17) is 0 Å². The van der Waals surface area contributed by atoms with Crippen molar-refractivity contribution in [1.82, 2.24) is 4.98 Å². The van der Waals surface area contributed by atoms with Crippen molar-refractivity contribution in [3.8, 4) is 0 Å². The molecule has 0 bridgehead atoms. The second kappa shape index (κ2) is 8.65. The first-order valence-electron chi connectivity index (χ1n) is 9.29. The van der Waals surface area contributed by atoms with Gasteiger partial charge in [0.15, 0.2) is 0 Å². The number of carbonyl (C=O) groups excluding carboxylic acids is 1. The predicted octanol–water partition coefficient (Wildman–Crippen LogP) is 5.52. The number of nitrogens with one attached hydrogen (secondary N) is 2. The van der Waals surface area contributed by atoms with Crippen molar-refractivity contribution in [3.05, 3.63) is 89.0 Å². The van der Waals surface area contributed by atoms with Crippen LogP contribution in [-0.4, -0.2) is 10.9 Å². The summed E-state index contributed by atoms with van der Waals surface area (Å²) < 4.78 is 13.8. The molecule has 1 amide bonds. The Hall–Kier alpha value is -3.21. The van der Waals surface area contributed by atoms with Crippen molar-refractivity contribution < 1.29 is 9.18 Å². The molecule has 0 saturated carbocycles. The summed E-state index contributed by atoms with van der Waals surface area (Å²) in [5.74, 6) is -0.196. The van der Waals surface area contributed by atoms with E-state index in [0.717, 1.165) is 16.8 Å². The lowest BCUT2D eigenvalue weighted by Gasteiger charge is -2.16. The number of benzene rings is 2. The van der Waals surface area contributed by atoms with Crippen LogP contribution in [-0.2, 0) is 6.54 Å². The SMILES string of the molecule is Cc1cccc(C(C)C)c1NC(=O)c1cncc(NCc2ccccc2F)c1. The van der Waals surface area contributed by atoms with E-state index in [-0.39, 0.29) is 11.7 Å². The number of hydrogen-bond acceptors (Lipinski definition) is 3. The Morgan fingerprint density at radius 3 is 2.64 bits per heavy atom. The summed E-state index contributed by atoms with van der Waals surface area (Å²) in [6.07, 6.45) is 3.14. The third-order valence-electron chi connectivity index (χ3n) is 4.61. The van der Waals surface area contributed by atoms with Gasteiger partial charge in [0.25, 0.3) is 5.91 Å². The molecule has 1 aromatic heterocycles. The normalized spacial score (nSPS) is 10.8. The van der Waals surface area contributed by atoms with Crippen molar-refractivity contribution in [2.75, 3.05) is 10.6 Å². The number of nitrogens with zero attached hydrogens (tertiary/aromatic N) is 1. The molecule has 4 nitrogen and oxygen atoms in total. The van der Waals surface area contributed by atoms with Crippen LogP contribution in [0, 0.1) is 12.7 Å². The lowest BCUT2D eigenvalue weighted by atomic mass is 9.98. The van der Waals surface area contributed by atoms with Gasteiger partial charge in [-0.05, 0) is 36.1 Å². The summed E-state index contributed by atoms with van der Waals surface area (Å²) in [6.45, 7) is 6.49. The van der Waals surface area contributed by atoms with Crippen LogP contribution in [0.3, 0.4) is 0 Å². The van der Waals surface area contributed by atoms with Crippen LogP contribution in [0.25, 0.3) is 0 Å². The molecule has 3 rings (SSSR count). The molecular formula is C23H24FN3O. The number of hydrogen-bond donors (Lipinski definition) is 2. The van der Waals surface area contributed by atoms with Crippen molar-refractivity contribution in [1.29, 1.82) is 0 Å². The first kappa shape index (κ1) is 19.5. The Balaban J connectivity index is 1.75. The average molecular weight is 377 g/mol.